The van der Waals surface area contributed by atoms with Crippen LogP contribution in [0.5, 0.6) is 0 Å². The van der Waals surface area contributed by atoms with Crippen molar-refractivity contribution in [1.29, 1.82) is 0 Å². The maximum absolute atomic E-state index is 13.2. The number of carbonyl (C=O) groups excluding carboxylic acids is 1. The fourth-order valence-corrected chi connectivity index (χ4v) is 4.21. The molecule has 0 aliphatic carbocycles. The number of aryl methyl sites for hydroxylation is 1. The molecule has 0 unspecified atom stereocenters. The molecule has 9 heteroatoms. The minimum atomic E-state index is -3.92. The van der Waals surface area contributed by atoms with Crippen LogP contribution in [0.1, 0.15) is 16.8 Å². The van der Waals surface area contributed by atoms with Gasteiger partial charge in [-0.2, -0.15) is 9.41 Å². The molecule has 0 aliphatic heterocycles. The van der Waals surface area contributed by atoms with Gasteiger partial charge < -0.3 is 0 Å². The van der Waals surface area contributed by atoms with Crippen LogP contribution in [0.25, 0.3) is 0 Å². The standard InChI is InChI=1S/C22H21ClN4O3S/c1-17-5-11-21(12-6-17)31(29,30)27(15-18-7-9-19(23)10-8-18)16-22(28)26-25-14-20-4-2-3-13-24-20/h2-14H,15-16H2,1H3,(H,26,28)/b25-14-. The van der Waals surface area contributed by atoms with Gasteiger partial charge in [0.15, 0.2) is 0 Å². The number of hydrogen-bond donors (Lipinski definition) is 1. The Balaban J connectivity index is 1.79. The van der Waals surface area contributed by atoms with Gasteiger partial charge in [0.25, 0.3) is 5.91 Å². The number of nitrogens with one attached hydrogen (secondary N) is 1. The fraction of sp³-hybridized carbons (Fsp3) is 0.136. The Bertz CT molecular complexity index is 1150. The molecular formula is C22H21ClN4O3S. The fourth-order valence-electron chi connectivity index (χ4n) is 2.70. The van der Waals surface area contributed by atoms with Crippen molar-refractivity contribution in [3.8, 4) is 0 Å². The second kappa shape index (κ2) is 10.3. The molecule has 0 saturated carbocycles. The van der Waals surface area contributed by atoms with Gasteiger partial charge >= 0.3 is 0 Å². The third kappa shape index (κ3) is 6.45. The molecule has 0 fully saturated rings. The van der Waals surface area contributed by atoms with Gasteiger partial charge in [-0.05, 0) is 48.9 Å². The number of hydrazone groups is 1. The van der Waals surface area contributed by atoms with E-state index in [0.29, 0.717) is 16.3 Å². The monoisotopic (exact) mass is 456 g/mol. The summed E-state index contributed by atoms with van der Waals surface area (Å²) in [6.07, 6.45) is 2.99. The molecule has 3 aromatic rings. The van der Waals surface area contributed by atoms with Crippen molar-refractivity contribution < 1.29 is 13.2 Å². The average Bonchev–Trinajstić information content (AvgIpc) is 2.76. The number of amides is 1. The summed E-state index contributed by atoms with van der Waals surface area (Å²) in [5, 5.41) is 4.39. The molecule has 0 bridgehead atoms. The van der Waals surface area contributed by atoms with E-state index < -0.39 is 22.5 Å². The molecule has 3 rings (SSSR count). The number of sulfonamides is 1. The summed E-state index contributed by atoms with van der Waals surface area (Å²) in [6.45, 7) is 1.47. The summed E-state index contributed by atoms with van der Waals surface area (Å²) in [4.78, 5) is 16.6. The van der Waals surface area contributed by atoms with Crippen molar-refractivity contribution in [3.05, 3.63) is 94.8 Å². The second-order valence-electron chi connectivity index (χ2n) is 6.76. The SMILES string of the molecule is Cc1ccc(S(=O)(=O)N(CC(=O)N/N=C\c2ccccn2)Cc2ccc(Cl)cc2)cc1. The van der Waals surface area contributed by atoms with E-state index in [2.05, 4.69) is 15.5 Å². The molecule has 2 aromatic carbocycles. The van der Waals surface area contributed by atoms with E-state index in [0.717, 1.165) is 9.87 Å². The van der Waals surface area contributed by atoms with E-state index in [1.54, 1.807) is 60.8 Å². The molecule has 1 N–H and O–H groups in total. The van der Waals surface area contributed by atoms with Crippen molar-refractivity contribution in [3.63, 3.8) is 0 Å². The van der Waals surface area contributed by atoms with Crippen LogP contribution < -0.4 is 5.43 Å². The number of rotatable bonds is 8. The third-order valence-corrected chi connectivity index (χ3v) is 6.38. The predicted octanol–water partition coefficient (Wildman–Crippen LogP) is 3.38. The van der Waals surface area contributed by atoms with Gasteiger partial charge in [-0.25, -0.2) is 13.8 Å². The first-order valence-electron chi connectivity index (χ1n) is 9.39. The maximum Gasteiger partial charge on any atom is 0.255 e. The van der Waals surface area contributed by atoms with Crippen molar-refractivity contribution >= 4 is 33.7 Å². The van der Waals surface area contributed by atoms with Crippen LogP contribution in [0, 0.1) is 6.92 Å². The van der Waals surface area contributed by atoms with Crippen LogP contribution in [0.4, 0.5) is 0 Å². The molecule has 7 nitrogen and oxygen atoms in total. The average molecular weight is 457 g/mol. The maximum atomic E-state index is 13.2. The minimum Gasteiger partial charge on any atom is -0.272 e. The second-order valence-corrected chi connectivity index (χ2v) is 9.13. The molecular weight excluding hydrogens is 436 g/mol. The van der Waals surface area contributed by atoms with Crippen LogP contribution in [-0.2, 0) is 21.4 Å². The highest BCUT2D eigenvalue weighted by Gasteiger charge is 2.27. The summed E-state index contributed by atoms with van der Waals surface area (Å²) in [5.41, 5.74) is 4.55. The Morgan fingerprint density at radius 3 is 2.45 bits per heavy atom. The first-order valence-corrected chi connectivity index (χ1v) is 11.2. The Morgan fingerprint density at radius 1 is 1.10 bits per heavy atom. The van der Waals surface area contributed by atoms with Gasteiger partial charge in [0.1, 0.15) is 0 Å². The zero-order chi connectivity index (χ0) is 22.3. The predicted molar refractivity (Wildman–Crippen MR) is 120 cm³/mol. The van der Waals surface area contributed by atoms with Crippen LogP contribution in [-0.4, -0.2) is 36.4 Å². The Hall–Kier alpha value is -3.07. The van der Waals surface area contributed by atoms with Gasteiger partial charge in [0.2, 0.25) is 10.0 Å². The van der Waals surface area contributed by atoms with Crippen LogP contribution in [0.3, 0.4) is 0 Å². The van der Waals surface area contributed by atoms with Gasteiger partial charge in [0.05, 0.1) is 23.3 Å². The van der Waals surface area contributed by atoms with E-state index >= 15 is 0 Å². The van der Waals surface area contributed by atoms with Crippen LogP contribution in [0.15, 0.2) is 82.9 Å². The van der Waals surface area contributed by atoms with Crippen LogP contribution >= 0.6 is 11.6 Å². The van der Waals surface area contributed by atoms with Crippen molar-refractivity contribution in [1.82, 2.24) is 14.7 Å². The van der Waals surface area contributed by atoms with Crippen molar-refractivity contribution in [2.75, 3.05) is 6.54 Å². The topological polar surface area (TPSA) is 91.7 Å². The summed E-state index contributed by atoms with van der Waals surface area (Å²) >= 11 is 5.92. The van der Waals surface area contributed by atoms with E-state index in [1.165, 1.54) is 18.3 Å². The number of carbonyl (C=O) groups is 1. The van der Waals surface area contributed by atoms with Gasteiger partial charge in [-0.15, -0.1) is 0 Å². The highest BCUT2D eigenvalue weighted by atomic mass is 35.5. The lowest BCUT2D eigenvalue weighted by Crippen LogP contribution is -2.39. The molecule has 0 radical (unpaired) electrons. The Kier molecular flexibility index (Phi) is 7.51. The Morgan fingerprint density at radius 2 is 1.81 bits per heavy atom. The lowest BCUT2D eigenvalue weighted by molar-refractivity contribution is -0.121. The summed E-state index contributed by atoms with van der Waals surface area (Å²) in [7, 11) is -3.92. The highest BCUT2D eigenvalue weighted by molar-refractivity contribution is 7.89. The zero-order valence-corrected chi connectivity index (χ0v) is 18.3. The molecule has 31 heavy (non-hydrogen) atoms. The highest BCUT2D eigenvalue weighted by Crippen LogP contribution is 2.20. The summed E-state index contributed by atoms with van der Waals surface area (Å²) < 4.78 is 27.5. The number of nitrogens with zero attached hydrogens (tertiary/aromatic N) is 3. The molecule has 1 heterocycles. The molecule has 1 aromatic heterocycles. The number of benzene rings is 2. The van der Waals surface area contributed by atoms with Gasteiger partial charge in [-0.3, -0.25) is 9.78 Å². The molecule has 1 amide bonds. The molecule has 0 saturated heterocycles. The third-order valence-electron chi connectivity index (χ3n) is 4.32. The zero-order valence-electron chi connectivity index (χ0n) is 16.8. The van der Waals surface area contributed by atoms with E-state index in [4.69, 9.17) is 11.6 Å². The van der Waals surface area contributed by atoms with E-state index in [9.17, 15) is 13.2 Å². The Labute approximate surface area is 186 Å². The van der Waals surface area contributed by atoms with Gasteiger partial charge in [-0.1, -0.05) is 47.5 Å². The molecule has 0 spiro atoms. The summed E-state index contributed by atoms with van der Waals surface area (Å²) in [6, 6.07) is 18.5. The van der Waals surface area contributed by atoms with Crippen molar-refractivity contribution in [2.24, 2.45) is 5.10 Å². The normalized spacial score (nSPS) is 11.7. The number of halogens is 1. The van der Waals surface area contributed by atoms with Crippen LogP contribution in [0.2, 0.25) is 5.02 Å². The number of hydrogen-bond acceptors (Lipinski definition) is 5. The first kappa shape index (κ1) is 22.6. The van der Waals surface area contributed by atoms with E-state index in [-0.39, 0.29) is 11.4 Å². The lowest BCUT2D eigenvalue weighted by Gasteiger charge is -2.21. The molecule has 0 atom stereocenters. The van der Waals surface area contributed by atoms with Crippen molar-refractivity contribution in [2.45, 2.75) is 18.4 Å². The van der Waals surface area contributed by atoms with E-state index in [1.807, 2.05) is 6.92 Å². The molecule has 160 valence electrons. The smallest absolute Gasteiger partial charge is 0.255 e. The molecule has 0 aliphatic rings. The number of aromatic nitrogens is 1. The summed E-state index contributed by atoms with van der Waals surface area (Å²) in [5.74, 6) is -0.572. The van der Waals surface area contributed by atoms with Gasteiger partial charge in [0, 0.05) is 17.8 Å². The first-order chi connectivity index (χ1) is 14.8. The lowest BCUT2D eigenvalue weighted by atomic mass is 10.2. The number of pyridine rings is 1. The largest absolute Gasteiger partial charge is 0.272 e. The quantitative estimate of drug-likeness (QED) is 0.415. The minimum absolute atomic E-state index is 0.00472.